The van der Waals surface area contributed by atoms with E-state index >= 15 is 0 Å². The van der Waals surface area contributed by atoms with Gasteiger partial charge in [-0.1, -0.05) is 149 Å². The van der Waals surface area contributed by atoms with Crippen LogP contribution in [0, 0.1) is 25.5 Å². The van der Waals surface area contributed by atoms with Crippen molar-refractivity contribution in [1.82, 2.24) is 0 Å². The highest BCUT2D eigenvalue weighted by Gasteiger charge is 2.35. The summed E-state index contributed by atoms with van der Waals surface area (Å²) in [4.78, 5) is 0. The fourth-order valence-electron chi connectivity index (χ4n) is 4.28. The van der Waals surface area contributed by atoms with E-state index < -0.39 is 23.0 Å². The predicted octanol–water partition coefficient (Wildman–Crippen LogP) is 15.3. The maximum Gasteiger partial charge on any atom is 0.419 e. The van der Waals surface area contributed by atoms with E-state index in [2.05, 4.69) is 128 Å². The Hall–Kier alpha value is -2.70. The van der Waals surface area contributed by atoms with Crippen molar-refractivity contribution in [3.05, 3.63) is 139 Å². The van der Waals surface area contributed by atoms with Crippen molar-refractivity contribution in [1.29, 1.82) is 0 Å². The molecule has 7 heteroatoms. The minimum atomic E-state index is -4.63. The monoisotopic (exact) mass is 780 g/mol. The Morgan fingerprint density at radius 2 is 0.840 bits per heavy atom. The quantitative estimate of drug-likeness (QED) is 0.156. The first-order chi connectivity index (χ1) is 22.4. The van der Waals surface area contributed by atoms with Crippen LogP contribution >= 0.6 is 27.5 Å². The summed E-state index contributed by atoms with van der Waals surface area (Å²) in [5, 5.41) is 0.863. The third kappa shape index (κ3) is 15.3. The van der Waals surface area contributed by atoms with Crippen LogP contribution in [-0.4, -0.2) is 0 Å². The number of halogens is 7. The minimum absolute atomic E-state index is 0.0796. The number of alkyl halides is 3. The summed E-state index contributed by atoms with van der Waals surface area (Å²) < 4.78 is 63.4. The molecule has 276 valence electrons. The van der Waals surface area contributed by atoms with Crippen molar-refractivity contribution in [2.24, 2.45) is 0 Å². The largest absolute Gasteiger partial charge is 0.419 e. The Kier molecular flexibility index (Phi) is 16.0. The third-order valence-corrected chi connectivity index (χ3v) is 8.89. The second-order valence-corrected chi connectivity index (χ2v) is 17.9. The molecule has 4 aromatic carbocycles. The summed E-state index contributed by atoms with van der Waals surface area (Å²) in [5.41, 5.74) is 5.71. The summed E-state index contributed by atoms with van der Waals surface area (Å²) >= 11 is 9.18. The molecule has 0 fully saturated rings. The molecule has 0 amide bonds. The van der Waals surface area contributed by atoms with Gasteiger partial charge in [0.15, 0.2) is 0 Å². The first-order valence-corrected chi connectivity index (χ1v) is 17.8. The van der Waals surface area contributed by atoms with Gasteiger partial charge in [0.25, 0.3) is 0 Å². The van der Waals surface area contributed by atoms with Crippen molar-refractivity contribution >= 4 is 27.5 Å². The number of hydrogen-bond acceptors (Lipinski definition) is 0. The third-order valence-electron chi connectivity index (χ3n) is 7.88. The zero-order valence-corrected chi connectivity index (χ0v) is 34.5. The van der Waals surface area contributed by atoms with Gasteiger partial charge in [0, 0.05) is 5.02 Å². The van der Waals surface area contributed by atoms with Gasteiger partial charge in [-0.15, -0.1) is 0 Å². The van der Waals surface area contributed by atoms with E-state index in [-0.39, 0.29) is 22.1 Å². The van der Waals surface area contributed by atoms with Crippen LogP contribution in [-0.2, 0) is 27.8 Å². The lowest BCUT2D eigenvalue weighted by molar-refractivity contribution is -0.140. The molecule has 0 unspecified atom stereocenters. The van der Waals surface area contributed by atoms with Crippen LogP contribution in [0.5, 0.6) is 0 Å². The molecular weight excluding hydrogens is 727 g/mol. The van der Waals surface area contributed by atoms with Gasteiger partial charge < -0.3 is 0 Å². The number of rotatable bonds is 0. The van der Waals surface area contributed by atoms with Crippen molar-refractivity contribution in [2.45, 2.75) is 125 Å². The Bertz CT molecular complexity index is 1600. The lowest BCUT2D eigenvalue weighted by Gasteiger charge is -2.20. The minimum Gasteiger partial charge on any atom is -0.206 e. The van der Waals surface area contributed by atoms with E-state index in [1.54, 1.807) is 20.8 Å². The van der Waals surface area contributed by atoms with Crippen LogP contribution in [0.1, 0.15) is 122 Å². The van der Waals surface area contributed by atoms with Crippen LogP contribution < -0.4 is 0 Å². The molecule has 0 spiro atoms. The highest BCUT2D eigenvalue weighted by Crippen LogP contribution is 2.34. The molecular formula is C43H55BrClF5. The van der Waals surface area contributed by atoms with Crippen LogP contribution in [0.3, 0.4) is 0 Å². The molecule has 0 aliphatic rings. The molecule has 0 bridgehead atoms. The van der Waals surface area contributed by atoms with Crippen LogP contribution in [0.15, 0.2) is 83.3 Å². The lowest BCUT2D eigenvalue weighted by atomic mass is 9.86. The second-order valence-electron chi connectivity index (χ2n) is 16.7. The fraction of sp³-hybridized carbons (Fsp3) is 0.442. The molecule has 4 aromatic rings. The van der Waals surface area contributed by atoms with Crippen molar-refractivity contribution < 1.29 is 22.0 Å². The molecule has 0 atom stereocenters. The summed E-state index contributed by atoms with van der Waals surface area (Å²) in [6.07, 6.45) is -4.63. The second kappa shape index (κ2) is 17.7. The van der Waals surface area contributed by atoms with E-state index in [1.165, 1.54) is 28.8 Å². The molecule has 0 N–H and O–H groups in total. The number of hydrogen-bond donors (Lipinski definition) is 0. The number of benzene rings is 4. The first kappa shape index (κ1) is 45.3. The van der Waals surface area contributed by atoms with Gasteiger partial charge in [0.1, 0.15) is 11.6 Å². The Morgan fingerprint density at radius 1 is 0.480 bits per heavy atom. The average Bonchev–Trinajstić information content (AvgIpc) is 2.94. The molecule has 0 radical (unpaired) electrons. The first-order valence-electron chi connectivity index (χ1n) is 16.6. The van der Waals surface area contributed by atoms with Crippen molar-refractivity contribution in [3.8, 4) is 0 Å². The summed E-state index contributed by atoms with van der Waals surface area (Å²) in [6.45, 7) is 29.1. The van der Waals surface area contributed by atoms with Crippen LogP contribution in [0.4, 0.5) is 22.0 Å². The smallest absolute Gasteiger partial charge is 0.206 e. The molecule has 0 saturated heterocycles. The lowest BCUT2D eigenvalue weighted by Crippen LogP contribution is -2.15. The van der Waals surface area contributed by atoms with Gasteiger partial charge in [-0.25, -0.2) is 8.78 Å². The van der Waals surface area contributed by atoms with Gasteiger partial charge in [0.05, 0.1) is 10.0 Å². The molecule has 0 heterocycles. The zero-order valence-electron chi connectivity index (χ0n) is 32.2. The maximum absolute atomic E-state index is 12.9. The fourth-order valence-corrected chi connectivity index (χ4v) is 4.84. The highest BCUT2D eigenvalue weighted by molar-refractivity contribution is 9.10. The molecule has 4 rings (SSSR count). The molecule has 0 aromatic heterocycles. The Morgan fingerprint density at radius 3 is 1.22 bits per heavy atom. The van der Waals surface area contributed by atoms with Gasteiger partial charge in [-0.05, 0) is 110 Å². The van der Waals surface area contributed by atoms with E-state index in [9.17, 15) is 22.0 Å². The standard InChI is InChI=1S/C11H15Cl.C11H12F4.C11H16.C10H12BrF/c1-8-5-6-9(7-10(8)12)11(2,3)4;1-10(2,3)7-4-5-9(12)8(6-7)11(13,14)15;1-9-5-7-10(8-6-9)11(2,3)4;1-10(2,3)7-4-5-9(12)8(11)6-7/h5-7H,1-4H3;4-6H,1-3H3;5-8H,1-4H3;4-6H,1-3H3. The van der Waals surface area contributed by atoms with Crippen LogP contribution in [0.25, 0.3) is 0 Å². The SMILES string of the molecule is CC(C)(C)c1ccc(F)c(Br)c1.CC(C)(C)c1ccc(F)c(C(F)(F)F)c1.Cc1ccc(C(C)(C)C)cc1.Cc1ccc(C(C)(C)C)cc1Cl. The Balaban J connectivity index is 0.000000336. The predicted molar refractivity (Wildman–Crippen MR) is 208 cm³/mol. The number of aryl methyl sites for hydroxylation is 2. The molecule has 0 aliphatic heterocycles. The van der Waals surface area contributed by atoms with E-state index in [1.807, 2.05) is 19.1 Å². The highest BCUT2D eigenvalue weighted by atomic mass is 79.9. The average molecular weight is 782 g/mol. The van der Waals surface area contributed by atoms with Crippen LogP contribution in [0.2, 0.25) is 5.02 Å². The maximum atomic E-state index is 12.9. The van der Waals surface area contributed by atoms with E-state index in [0.717, 1.165) is 28.3 Å². The topological polar surface area (TPSA) is 0 Å². The molecule has 0 aliphatic carbocycles. The van der Waals surface area contributed by atoms with Gasteiger partial charge in [0.2, 0.25) is 0 Å². The summed E-state index contributed by atoms with van der Waals surface area (Å²) in [5.74, 6) is -1.43. The van der Waals surface area contributed by atoms with E-state index in [4.69, 9.17) is 11.6 Å². The molecule has 0 nitrogen and oxygen atoms in total. The molecule has 50 heavy (non-hydrogen) atoms. The summed E-state index contributed by atoms with van der Waals surface area (Å²) in [6, 6.07) is 23.3. The van der Waals surface area contributed by atoms with Gasteiger partial charge in [-0.3, -0.25) is 0 Å². The molecule has 0 saturated carbocycles. The Labute approximate surface area is 312 Å². The zero-order chi connectivity index (χ0) is 39.0. The van der Waals surface area contributed by atoms with E-state index in [0.29, 0.717) is 10.0 Å². The summed E-state index contributed by atoms with van der Waals surface area (Å²) in [7, 11) is 0. The normalized spacial score (nSPS) is 12.1. The van der Waals surface area contributed by atoms with Gasteiger partial charge >= 0.3 is 6.18 Å². The van der Waals surface area contributed by atoms with Crippen molar-refractivity contribution in [2.75, 3.05) is 0 Å². The van der Waals surface area contributed by atoms with Gasteiger partial charge in [-0.2, -0.15) is 13.2 Å². The van der Waals surface area contributed by atoms with Crippen molar-refractivity contribution in [3.63, 3.8) is 0 Å².